The van der Waals surface area contributed by atoms with E-state index in [1.54, 1.807) is 6.08 Å². The van der Waals surface area contributed by atoms with Crippen molar-refractivity contribution < 1.29 is 18.8 Å². The van der Waals surface area contributed by atoms with E-state index < -0.39 is 11.7 Å². The van der Waals surface area contributed by atoms with Gasteiger partial charge in [0.15, 0.2) is 0 Å². The van der Waals surface area contributed by atoms with Gasteiger partial charge in [-0.3, -0.25) is 14.4 Å². The van der Waals surface area contributed by atoms with Crippen LogP contribution >= 0.6 is 0 Å². The average Bonchev–Trinajstić information content (AvgIpc) is 3.27. The van der Waals surface area contributed by atoms with Gasteiger partial charge in [0, 0.05) is 49.9 Å². The van der Waals surface area contributed by atoms with E-state index in [0.29, 0.717) is 42.0 Å². The predicted octanol–water partition coefficient (Wildman–Crippen LogP) is 3.25. The van der Waals surface area contributed by atoms with Gasteiger partial charge >= 0.3 is 0 Å². The summed E-state index contributed by atoms with van der Waals surface area (Å²) >= 11 is 0. The van der Waals surface area contributed by atoms with E-state index in [2.05, 4.69) is 34.4 Å². The Morgan fingerprint density at radius 1 is 1.26 bits per heavy atom. The second kappa shape index (κ2) is 9.42. The van der Waals surface area contributed by atoms with Crippen molar-refractivity contribution >= 4 is 40.7 Å². The number of anilines is 2. The summed E-state index contributed by atoms with van der Waals surface area (Å²) in [7, 11) is 0. The molecule has 3 amide bonds. The van der Waals surface area contributed by atoms with Crippen molar-refractivity contribution in [2.24, 2.45) is 0 Å². The van der Waals surface area contributed by atoms with Crippen molar-refractivity contribution in [2.45, 2.75) is 34.1 Å². The molecule has 0 saturated carbocycles. The molecule has 0 bridgehead atoms. The van der Waals surface area contributed by atoms with Crippen LogP contribution in [0.15, 0.2) is 12.1 Å². The number of H-pyrrole nitrogens is 1. The molecule has 3 heterocycles. The Bertz CT molecular complexity index is 1200. The zero-order valence-corrected chi connectivity index (χ0v) is 20.0. The lowest BCUT2D eigenvalue weighted by molar-refractivity contribution is -0.114. The van der Waals surface area contributed by atoms with Gasteiger partial charge in [0.05, 0.1) is 22.5 Å². The number of carbonyl (C=O) groups is 3. The first-order valence-corrected chi connectivity index (χ1v) is 11.6. The number of rotatable bonds is 7. The molecule has 2 aliphatic rings. The fraction of sp³-hybridized carbons (Fsp3) is 0.400. The average molecular weight is 468 g/mol. The molecule has 3 N–H and O–H groups in total. The highest BCUT2D eigenvalue weighted by molar-refractivity contribution is 6.36. The number of amides is 3. The number of carbonyl (C=O) groups excluding carboxylic acids is 3. The molecule has 2 aromatic rings. The van der Waals surface area contributed by atoms with E-state index in [4.69, 9.17) is 0 Å². The van der Waals surface area contributed by atoms with Crippen LogP contribution in [0.5, 0.6) is 0 Å². The quantitative estimate of drug-likeness (QED) is 0.545. The van der Waals surface area contributed by atoms with Crippen LogP contribution < -0.4 is 10.6 Å². The van der Waals surface area contributed by atoms with Crippen molar-refractivity contribution in [1.29, 1.82) is 0 Å². The number of hydrogen-bond donors (Lipinski definition) is 3. The molecule has 1 aromatic heterocycles. The smallest absolute Gasteiger partial charge is 0.256 e. The normalized spacial score (nSPS) is 16.2. The van der Waals surface area contributed by atoms with Crippen LogP contribution in [0, 0.1) is 12.7 Å². The summed E-state index contributed by atoms with van der Waals surface area (Å²) in [5.74, 6) is -1.34. The number of benzene rings is 1. The van der Waals surface area contributed by atoms with E-state index in [1.807, 2.05) is 11.8 Å². The molecule has 0 spiro atoms. The van der Waals surface area contributed by atoms with Crippen molar-refractivity contribution in [3.8, 4) is 0 Å². The van der Waals surface area contributed by atoms with Gasteiger partial charge in [-0.1, -0.05) is 13.8 Å². The minimum atomic E-state index is -0.563. The number of aromatic amines is 1. The molecule has 0 unspecified atom stereocenters. The molecule has 0 aliphatic carbocycles. The Morgan fingerprint density at radius 3 is 2.68 bits per heavy atom. The van der Waals surface area contributed by atoms with Crippen molar-refractivity contribution in [1.82, 2.24) is 14.8 Å². The second-order valence-corrected chi connectivity index (χ2v) is 8.66. The van der Waals surface area contributed by atoms with Gasteiger partial charge in [0.1, 0.15) is 5.82 Å². The second-order valence-electron chi connectivity index (χ2n) is 8.66. The fourth-order valence-electron chi connectivity index (χ4n) is 4.66. The summed E-state index contributed by atoms with van der Waals surface area (Å²) in [6, 6.07) is 2.44. The van der Waals surface area contributed by atoms with Crippen LogP contribution in [0.3, 0.4) is 0 Å². The van der Waals surface area contributed by atoms with Crippen LogP contribution in [0.2, 0.25) is 0 Å². The van der Waals surface area contributed by atoms with E-state index in [9.17, 15) is 18.8 Å². The summed E-state index contributed by atoms with van der Waals surface area (Å²) in [5.41, 5.74) is 4.12. The highest BCUT2D eigenvalue weighted by Gasteiger charge is 2.31. The number of nitrogens with one attached hydrogen (secondary N) is 3. The Morgan fingerprint density at radius 2 is 2.00 bits per heavy atom. The minimum absolute atomic E-state index is 0.0120. The molecular weight excluding hydrogens is 437 g/mol. The third kappa shape index (κ3) is 4.35. The molecule has 4 rings (SSSR count). The van der Waals surface area contributed by atoms with Gasteiger partial charge in [-0.15, -0.1) is 0 Å². The molecule has 180 valence electrons. The molecule has 0 atom stereocenters. The highest BCUT2D eigenvalue weighted by atomic mass is 19.1. The first-order valence-electron chi connectivity index (χ1n) is 11.6. The Hall–Kier alpha value is -3.46. The number of likely N-dealkylation sites (N-methyl/N-ethyl adjacent to an activating group) is 1. The van der Waals surface area contributed by atoms with E-state index in [0.717, 1.165) is 30.9 Å². The van der Waals surface area contributed by atoms with Crippen LogP contribution in [0.25, 0.3) is 11.6 Å². The van der Waals surface area contributed by atoms with E-state index in [-0.39, 0.29) is 23.1 Å². The number of nitrogens with zero attached hydrogens (tertiary/aromatic N) is 2. The van der Waals surface area contributed by atoms with Crippen molar-refractivity contribution in [3.05, 3.63) is 46.0 Å². The largest absolute Gasteiger partial charge is 0.358 e. The molecule has 0 saturated heterocycles. The van der Waals surface area contributed by atoms with Gasteiger partial charge in [0.2, 0.25) is 5.91 Å². The van der Waals surface area contributed by atoms with Gasteiger partial charge < -0.3 is 25.4 Å². The predicted molar refractivity (Wildman–Crippen MR) is 130 cm³/mol. The van der Waals surface area contributed by atoms with Crippen LogP contribution in [-0.4, -0.2) is 65.2 Å². The van der Waals surface area contributed by atoms with Crippen LogP contribution in [0.1, 0.15) is 53.6 Å². The summed E-state index contributed by atoms with van der Waals surface area (Å²) in [6.45, 7) is 11.4. The number of aromatic nitrogens is 1. The molecule has 2 aliphatic heterocycles. The SMILES string of the molecule is CCN(CC)CCN1CCc2[nH]c(C=C3C(=O)Nc4c(NC(C)=O)cc(F)cc43)c(C)c2C1=O. The zero-order chi connectivity index (χ0) is 24.6. The maximum atomic E-state index is 14.3. The van der Waals surface area contributed by atoms with Gasteiger partial charge in [-0.25, -0.2) is 4.39 Å². The molecule has 8 nitrogen and oxygen atoms in total. The monoisotopic (exact) mass is 467 g/mol. The lowest BCUT2D eigenvalue weighted by Gasteiger charge is -2.29. The van der Waals surface area contributed by atoms with Gasteiger partial charge in [-0.05, 0) is 43.8 Å². The molecule has 0 fully saturated rings. The standard InChI is InChI=1S/C25H30FN5O3/c1-5-30(6-2)9-10-31-8-7-19-22(25(31)34)14(3)20(28-19)13-18-17-11-16(26)12-21(27-15(4)32)23(17)29-24(18)33/h11-13,28H,5-10H2,1-4H3,(H,27,32)(H,29,33). The third-order valence-corrected chi connectivity index (χ3v) is 6.56. The van der Waals surface area contributed by atoms with Gasteiger partial charge in [-0.2, -0.15) is 0 Å². The van der Waals surface area contributed by atoms with Crippen LogP contribution in [-0.2, 0) is 16.0 Å². The molecule has 9 heteroatoms. The Balaban J connectivity index is 1.65. The summed E-state index contributed by atoms with van der Waals surface area (Å²) < 4.78 is 14.3. The maximum absolute atomic E-state index is 14.3. The lowest BCUT2D eigenvalue weighted by Crippen LogP contribution is -2.42. The third-order valence-electron chi connectivity index (χ3n) is 6.56. The molecule has 1 aromatic carbocycles. The van der Waals surface area contributed by atoms with Gasteiger partial charge in [0.25, 0.3) is 11.8 Å². The van der Waals surface area contributed by atoms with E-state index >= 15 is 0 Å². The minimum Gasteiger partial charge on any atom is -0.358 e. The summed E-state index contributed by atoms with van der Waals surface area (Å²) in [4.78, 5) is 45.0. The molecule has 0 radical (unpaired) electrons. The van der Waals surface area contributed by atoms with Crippen molar-refractivity contribution in [3.63, 3.8) is 0 Å². The maximum Gasteiger partial charge on any atom is 0.256 e. The summed E-state index contributed by atoms with van der Waals surface area (Å²) in [6.07, 6.45) is 2.35. The number of fused-ring (bicyclic) bond motifs is 2. The van der Waals surface area contributed by atoms with Crippen molar-refractivity contribution in [2.75, 3.05) is 43.4 Å². The number of hydrogen-bond acceptors (Lipinski definition) is 4. The lowest BCUT2D eigenvalue weighted by atomic mass is 10.0. The highest BCUT2D eigenvalue weighted by Crippen LogP contribution is 2.40. The first kappa shape index (κ1) is 23.7. The summed E-state index contributed by atoms with van der Waals surface area (Å²) in [5, 5.41) is 5.28. The number of halogens is 1. The zero-order valence-electron chi connectivity index (χ0n) is 20.0. The van der Waals surface area contributed by atoms with Crippen LogP contribution in [0.4, 0.5) is 15.8 Å². The molecule has 34 heavy (non-hydrogen) atoms. The Kier molecular flexibility index (Phi) is 6.56. The molecular formula is C25H30FN5O3. The fourth-order valence-corrected chi connectivity index (χ4v) is 4.66. The van der Waals surface area contributed by atoms with E-state index in [1.165, 1.54) is 19.1 Å². The Labute approximate surface area is 198 Å². The topological polar surface area (TPSA) is 97.5 Å². The first-order chi connectivity index (χ1) is 16.2.